The molecule has 1 atom stereocenters. The number of anilines is 2. The minimum Gasteiger partial charge on any atom is -0.505 e. The summed E-state index contributed by atoms with van der Waals surface area (Å²) in [5.41, 5.74) is 9.17. The number of benzene rings is 3. The number of allylic oxidation sites excluding steroid dienone is 4. The van der Waals surface area contributed by atoms with E-state index >= 15 is 0 Å². The van der Waals surface area contributed by atoms with Crippen LogP contribution < -0.4 is 16.2 Å². The van der Waals surface area contributed by atoms with E-state index in [1.165, 1.54) is 0 Å². The minimum absolute atomic E-state index is 0.118. The minimum atomic E-state index is -0.440. The largest absolute Gasteiger partial charge is 0.505 e. The quantitative estimate of drug-likeness (QED) is 0.240. The predicted octanol–water partition coefficient (Wildman–Crippen LogP) is 5.89. The average Bonchev–Trinajstić information content (AvgIpc) is 3.14. The molecule has 0 saturated carbocycles. The highest BCUT2D eigenvalue weighted by atomic mass is 16.3. The highest BCUT2D eigenvalue weighted by Gasteiger charge is 2.25. The lowest BCUT2D eigenvalue weighted by atomic mass is 9.94. The number of aliphatic imine (C=N–C) groups is 2. The fraction of sp³-hybridized carbons (Fsp3) is 0.161. The van der Waals surface area contributed by atoms with Gasteiger partial charge >= 0.3 is 0 Å². The summed E-state index contributed by atoms with van der Waals surface area (Å²) in [5.74, 6) is -0.880. The smallest absolute Gasteiger partial charge is 0.259 e. The van der Waals surface area contributed by atoms with E-state index in [1.54, 1.807) is 24.4 Å². The summed E-state index contributed by atoms with van der Waals surface area (Å²) < 4.78 is 0. The number of aromatic hydroxyl groups is 1. The summed E-state index contributed by atoms with van der Waals surface area (Å²) >= 11 is 0. The normalized spacial score (nSPS) is 19.2. The fourth-order valence-corrected chi connectivity index (χ4v) is 4.64. The maximum absolute atomic E-state index is 13.2. The Kier molecular flexibility index (Phi) is 7.79. The molecule has 1 amide bonds. The number of nitriles is 1. The van der Waals surface area contributed by atoms with Gasteiger partial charge in [0.05, 0.1) is 16.8 Å². The number of nitrogens with one attached hydrogen (secondary N) is 3. The second-order valence-corrected chi connectivity index (χ2v) is 9.16. The lowest BCUT2D eigenvalue weighted by Crippen LogP contribution is -2.29. The number of para-hydroxylation sites is 1. The van der Waals surface area contributed by atoms with Crippen LogP contribution in [-0.2, 0) is 0 Å². The van der Waals surface area contributed by atoms with Crippen LogP contribution in [0.5, 0.6) is 5.75 Å². The molecule has 0 saturated heterocycles. The molecule has 2 aliphatic heterocycles. The van der Waals surface area contributed by atoms with Gasteiger partial charge in [-0.25, -0.2) is 0 Å². The molecule has 8 nitrogen and oxygen atoms in total. The zero-order valence-electron chi connectivity index (χ0n) is 21.3. The molecule has 2 aliphatic rings. The zero-order chi connectivity index (χ0) is 27.0. The molecule has 0 aliphatic carbocycles. The van der Waals surface area contributed by atoms with Crippen LogP contribution in [0, 0.1) is 17.2 Å². The first-order valence-corrected chi connectivity index (χ1v) is 12.8. The Bertz CT molecular complexity index is 1580. The van der Waals surface area contributed by atoms with Crippen molar-refractivity contribution in [2.75, 3.05) is 17.3 Å². The molecule has 8 heteroatoms. The van der Waals surface area contributed by atoms with E-state index in [9.17, 15) is 15.2 Å². The lowest BCUT2D eigenvalue weighted by Gasteiger charge is -2.24. The maximum Gasteiger partial charge on any atom is 0.259 e. The number of carbonyl (C=O) groups excluding carboxylic acids is 1. The van der Waals surface area contributed by atoms with Crippen LogP contribution in [0.4, 0.5) is 11.4 Å². The Morgan fingerprint density at radius 3 is 2.72 bits per heavy atom. The van der Waals surface area contributed by atoms with Crippen LogP contribution in [0.3, 0.4) is 0 Å². The predicted molar refractivity (Wildman–Crippen MR) is 156 cm³/mol. The van der Waals surface area contributed by atoms with Gasteiger partial charge in [0.15, 0.2) is 5.75 Å². The van der Waals surface area contributed by atoms with Crippen LogP contribution >= 0.6 is 0 Å². The number of carbonyl (C=O) groups is 1. The van der Waals surface area contributed by atoms with Crippen molar-refractivity contribution in [1.82, 2.24) is 5.43 Å². The van der Waals surface area contributed by atoms with Gasteiger partial charge in [0, 0.05) is 41.7 Å². The van der Waals surface area contributed by atoms with Crippen molar-refractivity contribution in [3.05, 3.63) is 101 Å². The summed E-state index contributed by atoms with van der Waals surface area (Å²) in [4.78, 5) is 22.3. The molecular formula is C31H28N6O2. The number of phenolic OH excluding ortho intramolecular Hbond substituents is 1. The third-order valence-electron chi connectivity index (χ3n) is 6.61. The fourth-order valence-electron chi connectivity index (χ4n) is 4.64. The Balaban J connectivity index is 1.52. The first-order chi connectivity index (χ1) is 19.2. The number of hydrazine groups is 1. The van der Waals surface area contributed by atoms with E-state index in [0.29, 0.717) is 41.0 Å². The molecule has 3 aromatic rings. The molecule has 0 spiro atoms. The van der Waals surface area contributed by atoms with Gasteiger partial charge in [0.1, 0.15) is 11.8 Å². The molecule has 0 bridgehead atoms. The van der Waals surface area contributed by atoms with Crippen molar-refractivity contribution in [3.63, 3.8) is 0 Å². The van der Waals surface area contributed by atoms with Gasteiger partial charge in [-0.1, -0.05) is 54.6 Å². The maximum atomic E-state index is 13.2. The molecule has 0 aromatic heterocycles. The molecule has 1 unspecified atom stereocenters. The molecule has 3 aromatic carbocycles. The molecular weight excluding hydrogens is 488 g/mol. The molecule has 2 heterocycles. The number of hydrogen-bond acceptors (Lipinski definition) is 7. The SMILES string of the molecule is N#CC1=C(NNc2c(O)c(C(=O)Nc3ccccc3)cc3ccccc23)C(/C2=C/C=C\CCC=N2)CCN=C1. The van der Waals surface area contributed by atoms with Gasteiger partial charge < -0.3 is 15.8 Å². The molecule has 5 rings (SSSR count). The Morgan fingerprint density at radius 1 is 1.05 bits per heavy atom. The number of rotatable bonds is 6. The second kappa shape index (κ2) is 11.9. The standard InChI is InChI=1S/C31H28N6O2/c32-19-22-20-33-17-15-25(27-14-6-1-2-9-16-34-27)28(22)36-37-29-24-13-8-7-10-21(24)18-26(30(29)38)31(39)35-23-11-4-3-5-12-23/h1,3-8,10-14,16,18,20,25,36-38H,2,9,15,17H2,(H,35,39)/b6-1-,27-14-,34-16?. The van der Waals surface area contributed by atoms with Crippen molar-refractivity contribution in [3.8, 4) is 11.8 Å². The second-order valence-electron chi connectivity index (χ2n) is 9.16. The van der Waals surface area contributed by atoms with E-state index in [4.69, 9.17) is 0 Å². The van der Waals surface area contributed by atoms with Crippen molar-refractivity contribution in [2.24, 2.45) is 15.9 Å². The number of fused-ring (bicyclic) bond motifs is 1. The molecule has 4 N–H and O–H groups in total. The van der Waals surface area contributed by atoms with Gasteiger partial charge in [-0.2, -0.15) is 5.26 Å². The summed E-state index contributed by atoms with van der Waals surface area (Å²) in [5, 5.41) is 25.6. The van der Waals surface area contributed by atoms with Crippen molar-refractivity contribution in [2.45, 2.75) is 19.3 Å². The topological polar surface area (TPSA) is 122 Å². The van der Waals surface area contributed by atoms with Crippen LogP contribution in [0.1, 0.15) is 29.6 Å². The first kappa shape index (κ1) is 25.5. The lowest BCUT2D eigenvalue weighted by molar-refractivity contribution is 0.102. The van der Waals surface area contributed by atoms with Gasteiger partial charge in [-0.05, 0) is 48.9 Å². The van der Waals surface area contributed by atoms with Crippen molar-refractivity contribution in [1.29, 1.82) is 5.26 Å². The van der Waals surface area contributed by atoms with E-state index in [1.807, 2.05) is 60.8 Å². The summed E-state index contributed by atoms with van der Waals surface area (Å²) in [7, 11) is 0. The van der Waals surface area contributed by atoms with Crippen LogP contribution in [0.25, 0.3) is 10.8 Å². The zero-order valence-corrected chi connectivity index (χ0v) is 21.3. The molecule has 194 valence electrons. The van der Waals surface area contributed by atoms with Crippen LogP contribution in [-0.4, -0.2) is 30.0 Å². The number of nitrogens with zero attached hydrogens (tertiary/aromatic N) is 3. The van der Waals surface area contributed by atoms with Gasteiger partial charge in [-0.15, -0.1) is 0 Å². The number of amides is 1. The van der Waals surface area contributed by atoms with Gasteiger partial charge in [-0.3, -0.25) is 20.2 Å². The van der Waals surface area contributed by atoms with E-state index in [0.717, 1.165) is 23.9 Å². The summed E-state index contributed by atoms with van der Waals surface area (Å²) in [6.07, 6.45) is 11.9. The average molecular weight is 517 g/mol. The Hall–Kier alpha value is -5.16. The van der Waals surface area contributed by atoms with Crippen LogP contribution in [0.2, 0.25) is 0 Å². The van der Waals surface area contributed by atoms with Crippen LogP contribution in [0.15, 0.2) is 106 Å². The summed E-state index contributed by atoms with van der Waals surface area (Å²) in [6.45, 7) is 0.543. The number of phenols is 1. The third kappa shape index (κ3) is 5.73. The molecule has 0 fully saturated rings. The number of hydrogen-bond donors (Lipinski definition) is 4. The Morgan fingerprint density at radius 2 is 1.87 bits per heavy atom. The van der Waals surface area contributed by atoms with Gasteiger partial charge in [0.25, 0.3) is 5.91 Å². The van der Waals surface area contributed by atoms with E-state index in [-0.39, 0.29) is 17.2 Å². The van der Waals surface area contributed by atoms with Crippen molar-refractivity contribution >= 4 is 40.5 Å². The first-order valence-electron chi connectivity index (χ1n) is 12.8. The van der Waals surface area contributed by atoms with E-state index in [2.05, 4.69) is 38.3 Å². The van der Waals surface area contributed by atoms with E-state index < -0.39 is 5.91 Å². The molecule has 0 radical (unpaired) electrons. The third-order valence-corrected chi connectivity index (χ3v) is 6.61. The van der Waals surface area contributed by atoms with Crippen molar-refractivity contribution < 1.29 is 9.90 Å². The van der Waals surface area contributed by atoms with Gasteiger partial charge in [0.2, 0.25) is 0 Å². The monoisotopic (exact) mass is 516 g/mol. The molecule has 39 heavy (non-hydrogen) atoms. The highest BCUT2D eigenvalue weighted by Crippen LogP contribution is 2.37. The summed E-state index contributed by atoms with van der Waals surface area (Å²) in [6, 6.07) is 20.4. The highest BCUT2D eigenvalue weighted by molar-refractivity contribution is 6.12. The Labute approximate surface area is 226 Å².